The average molecular weight is 606 g/mol. The number of ether oxygens (including phenoxy) is 2. The first kappa shape index (κ1) is 30.1. The summed E-state index contributed by atoms with van der Waals surface area (Å²) >= 11 is 18.2. The van der Waals surface area contributed by atoms with Crippen molar-refractivity contribution < 1.29 is 18.3 Å². The van der Waals surface area contributed by atoms with Gasteiger partial charge in [0.1, 0.15) is 11.5 Å². The lowest BCUT2D eigenvalue weighted by molar-refractivity contribution is 0.225. The van der Waals surface area contributed by atoms with Crippen LogP contribution in [-0.2, 0) is 13.0 Å². The lowest BCUT2D eigenvalue weighted by Crippen LogP contribution is -2.35. The normalized spacial score (nSPS) is 11.2. The second kappa shape index (κ2) is 13.2. The van der Waals surface area contributed by atoms with Gasteiger partial charge in [-0.2, -0.15) is 0 Å². The van der Waals surface area contributed by atoms with Crippen LogP contribution in [0, 0.1) is 32.4 Å². The lowest BCUT2D eigenvalue weighted by Gasteiger charge is -2.22. The first-order valence-corrected chi connectivity index (χ1v) is 13.7. The van der Waals surface area contributed by atoms with Gasteiger partial charge in [-0.1, -0.05) is 40.9 Å². The number of nitrogens with one attached hydrogen (secondary N) is 1. The van der Waals surface area contributed by atoms with E-state index in [1.54, 1.807) is 18.2 Å². The van der Waals surface area contributed by atoms with Gasteiger partial charge < -0.3 is 9.47 Å². The highest BCUT2D eigenvalue weighted by atomic mass is 35.5. The standard InChI is InChI=1S/C31H29Cl3F2N2O2/c1-18-11-22(31(12-19(18)2)40-29-8-6-24(33)16-27(29)36)17-38(4)37-10-9-21-14-25(34)20(3)13-30(21)39-28-7-5-23(32)15-26(28)35/h5-8,11-16,37H,9-10,17H2,1-4H3. The molecule has 4 rings (SSSR count). The van der Waals surface area contributed by atoms with Gasteiger partial charge in [0.05, 0.1) is 0 Å². The molecular weight excluding hydrogens is 577 g/mol. The van der Waals surface area contributed by atoms with Crippen LogP contribution in [0.25, 0.3) is 0 Å². The van der Waals surface area contributed by atoms with Gasteiger partial charge in [-0.3, -0.25) is 5.43 Å². The number of rotatable bonds is 10. The molecule has 40 heavy (non-hydrogen) atoms. The van der Waals surface area contributed by atoms with Gasteiger partial charge in [-0.15, -0.1) is 0 Å². The van der Waals surface area contributed by atoms with Crippen molar-refractivity contribution in [3.05, 3.63) is 115 Å². The summed E-state index contributed by atoms with van der Waals surface area (Å²) < 4.78 is 40.7. The molecule has 210 valence electrons. The molecule has 0 aliphatic heterocycles. The van der Waals surface area contributed by atoms with E-state index in [1.165, 1.54) is 24.3 Å². The SMILES string of the molecule is Cc1cc(CN(C)NCCc2cc(Cl)c(C)cc2Oc2ccc(Cl)cc2F)c(Oc2ccc(Cl)cc2F)cc1C. The molecule has 0 saturated heterocycles. The van der Waals surface area contributed by atoms with E-state index in [-0.39, 0.29) is 11.5 Å². The van der Waals surface area contributed by atoms with Gasteiger partial charge in [0.2, 0.25) is 0 Å². The van der Waals surface area contributed by atoms with Gasteiger partial charge in [-0.05, 0) is 104 Å². The maximum Gasteiger partial charge on any atom is 0.167 e. The van der Waals surface area contributed by atoms with E-state index in [9.17, 15) is 8.78 Å². The van der Waals surface area contributed by atoms with Crippen LogP contribution in [0.3, 0.4) is 0 Å². The van der Waals surface area contributed by atoms with E-state index in [0.29, 0.717) is 46.1 Å². The van der Waals surface area contributed by atoms with E-state index in [2.05, 4.69) is 5.43 Å². The quantitative estimate of drug-likeness (QED) is 0.183. The number of hydrogen-bond acceptors (Lipinski definition) is 4. The molecule has 0 heterocycles. The molecular formula is C31H29Cl3F2N2O2. The molecule has 0 aromatic heterocycles. The summed E-state index contributed by atoms with van der Waals surface area (Å²) in [7, 11) is 1.91. The molecule has 0 saturated carbocycles. The van der Waals surface area contributed by atoms with Crippen LogP contribution < -0.4 is 14.9 Å². The molecule has 0 bridgehead atoms. The molecule has 4 aromatic rings. The van der Waals surface area contributed by atoms with E-state index >= 15 is 0 Å². The molecule has 0 spiro atoms. The molecule has 0 radical (unpaired) electrons. The second-order valence-electron chi connectivity index (χ2n) is 9.62. The number of aryl methyl sites for hydroxylation is 3. The highest BCUT2D eigenvalue weighted by molar-refractivity contribution is 6.31. The van der Waals surface area contributed by atoms with Crippen LogP contribution in [0.2, 0.25) is 15.1 Å². The third-order valence-electron chi connectivity index (χ3n) is 6.43. The van der Waals surface area contributed by atoms with Gasteiger partial charge >= 0.3 is 0 Å². The Balaban J connectivity index is 1.45. The Labute approximate surface area is 248 Å². The Bertz CT molecular complexity index is 1530. The minimum atomic E-state index is -0.547. The summed E-state index contributed by atoms with van der Waals surface area (Å²) in [5, 5.41) is 3.11. The smallest absolute Gasteiger partial charge is 0.167 e. The van der Waals surface area contributed by atoms with Crippen molar-refractivity contribution >= 4 is 34.8 Å². The third kappa shape index (κ3) is 7.65. The predicted octanol–water partition coefficient (Wildman–Crippen LogP) is 9.61. The zero-order chi connectivity index (χ0) is 29.0. The molecule has 1 N–H and O–H groups in total. The second-order valence-corrected chi connectivity index (χ2v) is 10.9. The summed E-state index contributed by atoms with van der Waals surface area (Å²) in [6.07, 6.45) is 0.557. The van der Waals surface area contributed by atoms with Crippen LogP contribution in [-0.4, -0.2) is 18.6 Å². The maximum atomic E-state index is 14.4. The average Bonchev–Trinajstić information content (AvgIpc) is 2.88. The fourth-order valence-electron chi connectivity index (χ4n) is 4.10. The Morgan fingerprint density at radius 3 is 1.77 bits per heavy atom. The first-order chi connectivity index (χ1) is 19.0. The number of hydrazine groups is 1. The summed E-state index contributed by atoms with van der Waals surface area (Å²) in [6.45, 7) is 6.89. The molecule has 0 aliphatic rings. The minimum absolute atomic E-state index is 0.0804. The summed E-state index contributed by atoms with van der Waals surface area (Å²) in [5.74, 6) is 0.180. The number of benzene rings is 4. The van der Waals surface area contributed by atoms with Crippen LogP contribution >= 0.6 is 34.8 Å². The monoisotopic (exact) mass is 604 g/mol. The van der Waals surface area contributed by atoms with Crippen molar-refractivity contribution in [1.29, 1.82) is 0 Å². The van der Waals surface area contributed by atoms with Crippen LogP contribution in [0.4, 0.5) is 8.78 Å². The van der Waals surface area contributed by atoms with Gasteiger partial charge in [0.25, 0.3) is 0 Å². The van der Waals surface area contributed by atoms with E-state index in [1.807, 2.05) is 51.0 Å². The molecule has 4 aromatic carbocycles. The van der Waals surface area contributed by atoms with E-state index < -0.39 is 11.6 Å². The van der Waals surface area contributed by atoms with E-state index in [4.69, 9.17) is 44.3 Å². The Morgan fingerprint density at radius 1 is 0.675 bits per heavy atom. The summed E-state index contributed by atoms with van der Waals surface area (Å²) in [5.41, 5.74) is 8.01. The van der Waals surface area contributed by atoms with Crippen LogP contribution in [0.15, 0.2) is 60.7 Å². The zero-order valence-corrected chi connectivity index (χ0v) is 24.8. The molecule has 0 amide bonds. The van der Waals surface area contributed by atoms with Crippen molar-refractivity contribution in [3.8, 4) is 23.0 Å². The van der Waals surface area contributed by atoms with E-state index in [0.717, 1.165) is 27.8 Å². The maximum absolute atomic E-state index is 14.4. The predicted molar refractivity (Wildman–Crippen MR) is 158 cm³/mol. The molecule has 0 aliphatic carbocycles. The van der Waals surface area contributed by atoms with Gasteiger partial charge in [-0.25, -0.2) is 13.8 Å². The molecule has 4 nitrogen and oxygen atoms in total. The molecule has 9 heteroatoms. The highest BCUT2D eigenvalue weighted by Crippen LogP contribution is 2.34. The van der Waals surface area contributed by atoms with Crippen molar-refractivity contribution in [2.75, 3.05) is 13.6 Å². The van der Waals surface area contributed by atoms with Crippen molar-refractivity contribution in [1.82, 2.24) is 10.4 Å². The van der Waals surface area contributed by atoms with Crippen LogP contribution in [0.5, 0.6) is 23.0 Å². The van der Waals surface area contributed by atoms with Crippen LogP contribution in [0.1, 0.15) is 27.8 Å². The third-order valence-corrected chi connectivity index (χ3v) is 7.31. The highest BCUT2D eigenvalue weighted by Gasteiger charge is 2.15. The number of nitrogens with zero attached hydrogens (tertiary/aromatic N) is 1. The topological polar surface area (TPSA) is 33.7 Å². The van der Waals surface area contributed by atoms with Crippen molar-refractivity contribution in [2.45, 2.75) is 33.7 Å². The fraction of sp³-hybridized carbons (Fsp3) is 0.226. The Hall–Kier alpha value is -2.87. The molecule has 0 fully saturated rings. The Kier molecular flexibility index (Phi) is 9.93. The number of halogens is 5. The summed E-state index contributed by atoms with van der Waals surface area (Å²) in [6, 6.07) is 16.2. The molecule has 0 atom stereocenters. The minimum Gasteiger partial charge on any atom is -0.454 e. The van der Waals surface area contributed by atoms with Gasteiger partial charge in [0.15, 0.2) is 23.1 Å². The largest absolute Gasteiger partial charge is 0.454 e. The van der Waals surface area contributed by atoms with Crippen molar-refractivity contribution in [2.24, 2.45) is 0 Å². The van der Waals surface area contributed by atoms with Gasteiger partial charge in [0, 0.05) is 40.8 Å². The lowest BCUT2D eigenvalue weighted by atomic mass is 10.0. The van der Waals surface area contributed by atoms with Crippen molar-refractivity contribution in [3.63, 3.8) is 0 Å². The fourth-order valence-corrected chi connectivity index (χ4v) is 4.60. The zero-order valence-electron chi connectivity index (χ0n) is 22.5. The molecule has 0 unspecified atom stereocenters. The number of hydrogen-bond donors (Lipinski definition) is 1. The Morgan fingerprint density at radius 2 is 1.20 bits per heavy atom. The summed E-state index contributed by atoms with van der Waals surface area (Å²) in [4.78, 5) is 0. The first-order valence-electron chi connectivity index (χ1n) is 12.6.